The van der Waals surface area contributed by atoms with Crippen molar-refractivity contribution in [3.05, 3.63) is 121 Å². The second kappa shape index (κ2) is 35.5. The zero-order chi connectivity index (χ0) is 47.4. The van der Waals surface area contributed by atoms with Gasteiger partial charge in [-0.25, -0.2) is 4.79 Å². The van der Waals surface area contributed by atoms with Gasteiger partial charge in [-0.05, 0) is 96.5 Å². The Kier molecular flexibility index (Phi) is 32.7. The highest BCUT2D eigenvalue weighted by Crippen LogP contribution is 2.46. The van der Waals surface area contributed by atoms with E-state index in [1.165, 1.54) is 25.3 Å². The SMILES string of the molecule is C.C.C=CC[C@H](NC(=O)[C@@H](CCC[NH+]=C(N)N)NC(=O)[C@@H](CCCC[NH3+])NC(=O)COc1ccc2ccccc2c1-c1c(OCC2CCCCC2)ccc2ccccc12)C(=O)OCc1ccccc1.Cl.S.S.[Cl-]. The summed E-state index contributed by atoms with van der Waals surface area (Å²) in [7, 11) is 0. The highest BCUT2D eigenvalue weighted by Gasteiger charge is 2.30. The normalized spacial score (nSPS) is 12.8. The van der Waals surface area contributed by atoms with Gasteiger partial charge in [0.15, 0.2) is 6.61 Å². The Morgan fingerprint density at radius 2 is 1.23 bits per heavy atom. The number of quaternary nitrogens is 1. The summed E-state index contributed by atoms with van der Waals surface area (Å²) in [5, 5.41) is 12.5. The number of hydrogen-bond donors (Lipinski definition) is 7. The average Bonchev–Trinajstić information content (AvgIpc) is 3.35. The van der Waals surface area contributed by atoms with Gasteiger partial charge < -0.3 is 48.3 Å². The molecule has 0 bridgehead atoms. The van der Waals surface area contributed by atoms with Crippen LogP contribution in [0.1, 0.15) is 91.0 Å². The van der Waals surface area contributed by atoms with Crippen molar-refractivity contribution in [3.63, 3.8) is 0 Å². The van der Waals surface area contributed by atoms with Crippen LogP contribution < -0.4 is 60.0 Å². The first kappa shape index (κ1) is 67.3. The van der Waals surface area contributed by atoms with Crippen LogP contribution in [0.5, 0.6) is 11.5 Å². The Balaban J connectivity index is 0.00000864. The van der Waals surface area contributed by atoms with Gasteiger partial charge in [-0.2, -0.15) is 27.0 Å². The molecule has 5 aromatic carbocycles. The Hall–Kier alpha value is -5.65. The number of esters is 1. The van der Waals surface area contributed by atoms with Crippen molar-refractivity contribution in [2.45, 2.75) is 110 Å². The highest BCUT2D eigenvalue weighted by atomic mass is 35.5. The Bertz CT molecular complexity index is 2500. The number of halogens is 2. The Labute approximate surface area is 458 Å². The maximum atomic E-state index is 14.2. The molecule has 6 rings (SSSR count). The van der Waals surface area contributed by atoms with Gasteiger partial charge in [-0.3, -0.25) is 30.8 Å². The zero-order valence-corrected chi connectivity index (χ0v) is 43.8. The van der Waals surface area contributed by atoms with Gasteiger partial charge >= 0.3 is 11.9 Å². The number of hydrogen-bond acceptors (Lipinski definition) is 7. The van der Waals surface area contributed by atoms with Crippen LogP contribution in [0.4, 0.5) is 0 Å². The maximum Gasteiger partial charge on any atom is 0.338 e. The number of amides is 3. The molecule has 0 unspecified atom stereocenters. The summed E-state index contributed by atoms with van der Waals surface area (Å²) in [5.74, 6) is -0.602. The van der Waals surface area contributed by atoms with Crippen molar-refractivity contribution in [3.8, 4) is 22.6 Å². The van der Waals surface area contributed by atoms with Crippen LogP contribution in [0.3, 0.4) is 0 Å². The van der Waals surface area contributed by atoms with Crippen LogP contribution in [0, 0.1) is 5.92 Å². The van der Waals surface area contributed by atoms with Crippen LogP contribution in [0.2, 0.25) is 0 Å². The third-order valence-electron chi connectivity index (χ3n) is 12.1. The quantitative estimate of drug-likeness (QED) is 0.0150. The van der Waals surface area contributed by atoms with Crippen molar-refractivity contribution in [2.24, 2.45) is 17.4 Å². The lowest BCUT2D eigenvalue weighted by Crippen LogP contribution is -3.00. The number of guanidine groups is 1. The van der Waals surface area contributed by atoms with Gasteiger partial charge in [-0.15, -0.1) is 19.0 Å². The van der Waals surface area contributed by atoms with E-state index in [2.05, 4.69) is 51.5 Å². The summed E-state index contributed by atoms with van der Waals surface area (Å²) in [5.41, 5.74) is 17.6. The monoisotopic (exact) mass is 1080 g/mol. The predicted octanol–water partition coefficient (Wildman–Crippen LogP) is 3.24. The molecule has 1 aliphatic rings. The minimum atomic E-state index is -1.10. The standard InChI is InChI=1S/C53H65N7O7.2CH4.2ClH.2H2S/c1-2-16-44(52(64)67-34-37-19-7-4-8-20-37)60-51(63)43(26-15-32-57-53(55)56)59-50(62)42(25-13-14-31-54)58-47(61)35-66-46-30-28-39-22-10-12-24-41(39)49(46)48-40-23-11-9-21-38(40)27-29-45(48)65-33-36-17-5-3-6-18-36;;;;;;/h2,4,7-12,19-24,27-30,36,42-44H,1,3,5-6,13-18,25-26,31-35,54H2,(H,58,61)(H,59,62)(H,60,63)(H4,55,56,57);2*1H4;2*1H;2*1H2/p+1/t42-,43-,44+;;;;;;/m1....../s1. The Morgan fingerprint density at radius 3 is 1.81 bits per heavy atom. The average molecular weight is 1090 g/mol. The number of unbranched alkanes of at least 4 members (excludes halogenated alkanes) is 1. The minimum absolute atomic E-state index is 0. The van der Waals surface area contributed by atoms with E-state index >= 15 is 0 Å². The fourth-order valence-electron chi connectivity index (χ4n) is 8.56. The van der Waals surface area contributed by atoms with Gasteiger partial charge in [0.1, 0.15) is 36.2 Å². The number of rotatable bonds is 25. The first-order valence-corrected chi connectivity index (χ1v) is 23.6. The van der Waals surface area contributed by atoms with Crippen molar-refractivity contribution >= 4 is 90.6 Å². The minimum Gasteiger partial charge on any atom is -1.00 e. The van der Waals surface area contributed by atoms with Gasteiger partial charge in [0.05, 0.1) is 19.7 Å². The number of benzene rings is 5. The molecular formula is C55H80Cl2N7O7S2+. The van der Waals surface area contributed by atoms with E-state index in [0.717, 1.165) is 56.8 Å². The molecule has 5 aromatic rings. The van der Waals surface area contributed by atoms with E-state index in [4.69, 9.17) is 25.7 Å². The third kappa shape index (κ3) is 20.3. The molecule has 1 saturated carbocycles. The molecule has 1 aliphatic carbocycles. The summed E-state index contributed by atoms with van der Waals surface area (Å²) < 4.78 is 18.7. The number of carbonyl (C=O) groups is 4. The number of nitrogens with one attached hydrogen (secondary N) is 4. The third-order valence-corrected chi connectivity index (χ3v) is 12.1. The second-order valence-electron chi connectivity index (χ2n) is 17.2. The molecule has 0 spiro atoms. The fourth-order valence-corrected chi connectivity index (χ4v) is 8.56. The summed E-state index contributed by atoms with van der Waals surface area (Å²) in [4.78, 5) is 58.1. The molecule has 1 fully saturated rings. The van der Waals surface area contributed by atoms with E-state index in [9.17, 15) is 19.2 Å². The number of ether oxygens (including phenoxy) is 3. The van der Waals surface area contributed by atoms with Crippen LogP contribution in [0.15, 0.2) is 116 Å². The van der Waals surface area contributed by atoms with Crippen LogP contribution in [0.25, 0.3) is 32.7 Å². The first-order chi connectivity index (χ1) is 32.6. The van der Waals surface area contributed by atoms with E-state index in [0.29, 0.717) is 50.6 Å². The number of nitrogens with two attached hydrogens (primary N) is 2. The van der Waals surface area contributed by atoms with E-state index in [1.807, 2.05) is 84.9 Å². The largest absolute Gasteiger partial charge is 1.00 e. The summed E-state index contributed by atoms with van der Waals surface area (Å²) in [6, 6.07) is 30.2. The molecule has 11 N–H and O–H groups in total. The Morgan fingerprint density at radius 1 is 0.699 bits per heavy atom. The van der Waals surface area contributed by atoms with Crippen LogP contribution in [-0.2, 0) is 30.5 Å². The van der Waals surface area contributed by atoms with E-state index in [1.54, 1.807) is 0 Å². The van der Waals surface area contributed by atoms with Crippen molar-refractivity contribution in [1.82, 2.24) is 16.0 Å². The molecule has 73 heavy (non-hydrogen) atoms. The predicted molar refractivity (Wildman–Crippen MR) is 303 cm³/mol. The lowest BCUT2D eigenvalue weighted by molar-refractivity contribution is -0.459. The molecule has 3 amide bonds. The molecule has 0 aliphatic heterocycles. The number of fused-ring (bicyclic) bond motifs is 2. The summed E-state index contributed by atoms with van der Waals surface area (Å²) >= 11 is 0. The molecular weight excluding hydrogens is 1010 g/mol. The topological polar surface area (TPSA) is 226 Å². The van der Waals surface area contributed by atoms with Crippen molar-refractivity contribution < 1.29 is 56.5 Å². The van der Waals surface area contributed by atoms with Crippen molar-refractivity contribution in [1.29, 1.82) is 0 Å². The van der Waals surface area contributed by atoms with Gasteiger partial charge in [0.2, 0.25) is 11.8 Å². The highest BCUT2D eigenvalue weighted by molar-refractivity contribution is 7.59. The molecule has 3 atom stereocenters. The molecule has 14 nitrogen and oxygen atoms in total. The second-order valence-corrected chi connectivity index (χ2v) is 17.2. The summed E-state index contributed by atoms with van der Waals surface area (Å²) in [6.07, 6.45) is 9.70. The van der Waals surface area contributed by atoms with Crippen molar-refractivity contribution in [2.75, 3.05) is 26.3 Å². The van der Waals surface area contributed by atoms with Gasteiger partial charge in [0.25, 0.3) is 5.91 Å². The molecule has 0 heterocycles. The fraction of sp³-hybridized carbons (Fsp3) is 0.400. The smallest absolute Gasteiger partial charge is 0.338 e. The lowest BCUT2D eigenvalue weighted by atomic mass is 9.90. The zero-order valence-electron chi connectivity index (χ0n) is 40.2. The first-order valence-electron chi connectivity index (χ1n) is 23.6. The van der Waals surface area contributed by atoms with Gasteiger partial charge in [-0.1, -0.05) is 131 Å². The molecule has 402 valence electrons. The molecule has 0 aromatic heterocycles. The van der Waals surface area contributed by atoms with E-state index in [-0.39, 0.29) is 98.5 Å². The molecule has 0 radical (unpaired) electrons. The molecule has 18 heteroatoms. The lowest BCUT2D eigenvalue weighted by Gasteiger charge is -2.25. The van der Waals surface area contributed by atoms with Gasteiger partial charge in [0, 0.05) is 11.1 Å². The summed E-state index contributed by atoms with van der Waals surface area (Å²) in [6.45, 7) is 4.95. The van der Waals surface area contributed by atoms with Crippen LogP contribution >= 0.6 is 39.4 Å². The van der Waals surface area contributed by atoms with E-state index < -0.39 is 48.4 Å². The maximum absolute atomic E-state index is 14.2. The number of carbonyl (C=O) groups excluding carboxylic acids is 4. The van der Waals surface area contributed by atoms with Crippen LogP contribution in [-0.4, -0.2) is 74.1 Å². The molecule has 0 saturated heterocycles.